The second kappa shape index (κ2) is 7.39. The zero-order valence-electron chi connectivity index (χ0n) is 18.5. The van der Waals surface area contributed by atoms with E-state index in [1.165, 1.54) is 11.3 Å². The number of hydrogen-bond donors (Lipinski definition) is 4. The molecule has 0 radical (unpaired) electrons. The van der Waals surface area contributed by atoms with Gasteiger partial charge in [-0.15, -0.1) is 11.3 Å². The molecule has 3 fully saturated rings. The Morgan fingerprint density at radius 3 is 2.85 bits per heavy atom. The molecule has 3 heterocycles. The third kappa shape index (κ3) is 2.64. The van der Waals surface area contributed by atoms with Crippen LogP contribution in [-0.2, 0) is 4.79 Å². The average Bonchev–Trinajstić information content (AvgIpc) is 3.15. The number of aromatic nitrogens is 4. The van der Waals surface area contributed by atoms with E-state index < -0.39 is 23.2 Å². The molecule has 6 atom stereocenters. The van der Waals surface area contributed by atoms with Crippen LogP contribution >= 0.6 is 22.9 Å². The predicted octanol–water partition coefficient (Wildman–Crippen LogP) is 1.79. The Bertz CT molecular complexity index is 1380. The van der Waals surface area contributed by atoms with E-state index in [0.717, 1.165) is 11.3 Å². The molecule has 6 rings (SSSR count). The summed E-state index contributed by atoms with van der Waals surface area (Å²) in [4.78, 5) is 27.0. The summed E-state index contributed by atoms with van der Waals surface area (Å²) in [6.07, 6.45) is 1.97. The number of anilines is 1. The van der Waals surface area contributed by atoms with Gasteiger partial charge in [-0.2, -0.15) is 0 Å². The number of rotatable bonds is 5. The van der Waals surface area contributed by atoms with Gasteiger partial charge in [0.05, 0.1) is 27.0 Å². The lowest BCUT2D eigenvalue weighted by molar-refractivity contribution is -0.217. The van der Waals surface area contributed by atoms with Gasteiger partial charge in [0, 0.05) is 19.5 Å². The Morgan fingerprint density at radius 2 is 2.21 bits per heavy atom. The van der Waals surface area contributed by atoms with Crippen LogP contribution in [0.15, 0.2) is 18.5 Å². The third-order valence-corrected chi connectivity index (χ3v) is 8.76. The Balaban J connectivity index is 1.40. The van der Waals surface area contributed by atoms with Crippen LogP contribution in [0.4, 0.5) is 5.82 Å². The number of nitrogens with zero attached hydrogens (tertiary/aromatic N) is 4. The second-order valence-corrected chi connectivity index (χ2v) is 10.9. The number of amides is 1. The quantitative estimate of drug-likeness (QED) is 0.395. The topological polar surface area (TPSA) is 125 Å². The normalized spacial score (nSPS) is 32.5. The van der Waals surface area contributed by atoms with Gasteiger partial charge >= 0.3 is 0 Å². The lowest BCUT2D eigenvalue weighted by Crippen LogP contribution is -2.68. The molecular formula is C23H23ClN6O3S. The standard InChI is InChI=1S/C23H23ClN6O3S/c1-3-8-26-18-16-19(29-15(28-18)7-5-11-4-6-14(24)34-11)30(10-27-16)13-9-12-17-22(12,21(32)25-2)20(31)23(13,17)33/h4,6,10,12-13,17,20,31,33H,3,8-9H2,1-2H3,(H,25,32)(H,26,28,29)/t12?,13-,17+,20-,22?,23+/m1/s1. The third-order valence-electron chi connectivity index (χ3n) is 7.61. The van der Waals surface area contributed by atoms with Gasteiger partial charge in [0.1, 0.15) is 11.7 Å². The number of halogens is 1. The minimum atomic E-state index is -1.40. The fourth-order valence-electron chi connectivity index (χ4n) is 6.22. The van der Waals surface area contributed by atoms with Crippen molar-refractivity contribution in [2.24, 2.45) is 17.3 Å². The first kappa shape index (κ1) is 21.8. The maximum absolute atomic E-state index is 12.4. The van der Waals surface area contributed by atoms with Crippen LogP contribution in [0.25, 0.3) is 11.2 Å². The molecule has 176 valence electrons. The van der Waals surface area contributed by atoms with E-state index in [4.69, 9.17) is 11.6 Å². The van der Waals surface area contributed by atoms with E-state index in [1.807, 2.05) is 10.6 Å². The Hall–Kier alpha value is -2.71. The first-order chi connectivity index (χ1) is 16.4. The van der Waals surface area contributed by atoms with Gasteiger partial charge in [-0.3, -0.25) is 4.79 Å². The molecule has 0 saturated heterocycles. The first-order valence-corrected chi connectivity index (χ1v) is 12.4. The van der Waals surface area contributed by atoms with Crippen LogP contribution in [0.3, 0.4) is 0 Å². The zero-order chi connectivity index (χ0) is 23.8. The number of aliphatic hydroxyl groups excluding tert-OH is 1. The number of nitrogens with one attached hydrogen (secondary N) is 2. The lowest BCUT2D eigenvalue weighted by atomic mass is 9.62. The Morgan fingerprint density at radius 1 is 1.38 bits per heavy atom. The maximum atomic E-state index is 12.4. The molecule has 3 aliphatic rings. The fraction of sp³-hybridized carbons (Fsp3) is 0.478. The van der Waals surface area contributed by atoms with Crippen molar-refractivity contribution in [3.63, 3.8) is 0 Å². The Kier molecular flexibility index (Phi) is 4.74. The summed E-state index contributed by atoms with van der Waals surface area (Å²) in [6.45, 7) is 2.76. The van der Waals surface area contributed by atoms with E-state index in [9.17, 15) is 15.0 Å². The molecule has 4 N–H and O–H groups in total. The van der Waals surface area contributed by atoms with Gasteiger partial charge in [-0.25, -0.2) is 15.0 Å². The number of fused-ring (bicyclic) bond motifs is 2. The monoisotopic (exact) mass is 498 g/mol. The molecule has 0 aromatic carbocycles. The number of hydrogen-bond acceptors (Lipinski definition) is 8. The molecule has 2 unspecified atom stereocenters. The second-order valence-electron chi connectivity index (χ2n) is 9.14. The molecule has 3 aliphatic carbocycles. The minimum absolute atomic E-state index is 0.0720. The van der Waals surface area contributed by atoms with Crippen molar-refractivity contribution in [2.45, 2.75) is 37.5 Å². The van der Waals surface area contributed by atoms with Crippen molar-refractivity contribution < 1.29 is 15.0 Å². The summed E-state index contributed by atoms with van der Waals surface area (Å²) in [6, 6.07) is 3.19. The number of imidazole rings is 1. The first-order valence-electron chi connectivity index (χ1n) is 11.3. The van der Waals surface area contributed by atoms with E-state index >= 15 is 0 Å². The van der Waals surface area contributed by atoms with Gasteiger partial charge < -0.3 is 25.4 Å². The summed E-state index contributed by atoms with van der Waals surface area (Å²) >= 11 is 7.38. The number of carbonyl (C=O) groups is 1. The van der Waals surface area contributed by atoms with Crippen molar-refractivity contribution in [3.8, 4) is 11.8 Å². The summed E-state index contributed by atoms with van der Waals surface area (Å²) in [5.41, 5.74) is -1.15. The lowest BCUT2D eigenvalue weighted by Gasteiger charge is -2.52. The van der Waals surface area contributed by atoms with Crippen LogP contribution in [0.5, 0.6) is 0 Å². The van der Waals surface area contributed by atoms with E-state index in [1.54, 1.807) is 19.4 Å². The average molecular weight is 499 g/mol. The largest absolute Gasteiger partial charge is 0.389 e. The Labute approximate surface area is 204 Å². The van der Waals surface area contributed by atoms with Crippen molar-refractivity contribution >= 4 is 45.8 Å². The van der Waals surface area contributed by atoms with E-state index in [0.29, 0.717) is 40.1 Å². The van der Waals surface area contributed by atoms with Crippen LogP contribution in [0.2, 0.25) is 4.34 Å². The van der Waals surface area contributed by atoms with E-state index in [2.05, 4.69) is 44.4 Å². The van der Waals surface area contributed by atoms with Crippen LogP contribution in [0.1, 0.15) is 36.5 Å². The maximum Gasteiger partial charge on any atom is 0.229 e. The summed E-state index contributed by atoms with van der Waals surface area (Å²) in [5, 5.41) is 28.3. The van der Waals surface area contributed by atoms with Crippen molar-refractivity contribution in [2.75, 3.05) is 18.9 Å². The van der Waals surface area contributed by atoms with Crippen molar-refractivity contribution in [1.82, 2.24) is 24.8 Å². The molecule has 34 heavy (non-hydrogen) atoms. The van der Waals surface area contributed by atoms with Crippen LogP contribution < -0.4 is 10.6 Å². The highest BCUT2D eigenvalue weighted by Crippen LogP contribution is 2.85. The molecule has 0 spiro atoms. The van der Waals surface area contributed by atoms with Gasteiger partial charge in [-0.1, -0.05) is 18.5 Å². The number of aliphatic hydroxyl groups is 2. The molecular weight excluding hydrogens is 476 g/mol. The summed E-state index contributed by atoms with van der Waals surface area (Å²) in [7, 11) is 1.56. The molecule has 1 amide bonds. The molecule has 3 saturated carbocycles. The molecule has 3 aromatic rings. The predicted molar refractivity (Wildman–Crippen MR) is 128 cm³/mol. The van der Waals surface area contributed by atoms with Gasteiger partial charge in [-0.05, 0) is 42.7 Å². The molecule has 0 aliphatic heterocycles. The van der Waals surface area contributed by atoms with Gasteiger partial charge in [0.15, 0.2) is 17.0 Å². The highest BCUT2D eigenvalue weighted by Gasteiger charge is 2.95. The van der Waals surface area contributed by atoms with Crippen LogP contribution in [-0.4, -0.2) is 60.9 Å². The smallest absolute Gasteiger partial charge is 0.229 e. The molecule has 3 aromatic heterocycles. The molecule has 0 bridgehead atoms. The SMILES string of the molecule is CCCNc1nc(C#Cc2ccc(Cl)s2)nc2c1ncn2[C@@H]1CC2[C@H]3C2(C(=O)NC)[C@@H](O)[C@]13O. The van der Waals surface area contributed by atoms with Crippen molar-refractivity contribution in [3.05, 3.63) is 33.5 Å². The number of thiophene rings is 1. The van der Waals surface area contributed by atoms with E-state index in [-0.39, 0.29) is 17.7 Å². The summed E-state index contributed by atoms with van der Waals surface area (Å²) in [5.74, 6) is 6.41. The van der Waals surface area contributed by atoms with Gasteiger partial charge in [0.25, 0.3) is 0 Å². The number of carbonyl (C=O) groups excluding carboxylic acids is 1. The highest BCUT2D eigenvalue weighted by atomic mass is 35.5. The molecule has 11 heteroatoms. The highest BCUT2D eigenvalue weighted by molar-refractivity contribution is 7.16. The molecule has 9 nitrogen and oxygen atoms in total. The fourth-order valence-corrected chi connectivity index (χ4v) is 7.12. The zero-order valence-corrected chi connectivity index (χ0v) is 20.1. The minimum Gasteiger partial charge on any atom is -0.389 e. The summed E-state index contributed by atoms with van der Waals surface area (Å²) < 4.78 is 2.47. The van der Waals surface area contributed by atoms with Crippen molar-refractivity contribution in [1.29, 1.82) is 0 Å². The van der Waals surface area contributed by atoms with Crippen LogP contribution in [0, 0.1) is 29.1 Å². The van der Waals surface area contributed by atoms with Gasteiger partial charge in [0.2, 0.25) is 11.7 Å².